The van der Waals surface area contributed by atoms with Crippen molar-refractivity contribution in [2.75, 3.05) is 7.11 Å². The Balaban J connectivity index is 0.000000997. The maximum Gasteiger partial charge on any atom is 0.261 e. The number of methoxy groups -OCH3 is 1. The smallest absolute Gasteiger partial charge is 0.261 e. The monoisotopic (exact) mass is 741 g/mol. The molecule has 45 heavy (non-hydrogen) atoms. The molecule has 0 saturated heterocycles. The first kappa shape index (κ1) is 42.0. The third-order valence-electron chi connectivity index (χ3n) is 6.66. The molecule has 5 nitrogen and oxygen atoms in total. The minimum Gasteiger partial charge on any atom is -0.502 e. The first-order valence-electron chi connectivity index (χ1n) is 15.6. The fraction of sp³-hybridized carbons (Fsp3) is 0.447. The molecule has 0 unspecified atom stereocenters. The van der Waals surface area contributed by atoms with Crippen LogP contribution < -0.4 is 5.56 Å². The van der Waals surface area contributed by atoms with Gasteiger partial charge in [-0.05, 0) is 89.4 Å². The zero-order chi connectivity index (χ0) is 34.4. The van der Waals surface area contributed by atoms with Gasteiger partial charge in [0.2, 0.25) is 0 Å². The minimum atomic E-state index is -0.216. The van der Waals surface area contributed by atoms with Gasteiger partial charge in [0.15, 0.2) is 0 Å². The van der Waals surface area contributed by atoms with Gasteiger partial charge in [-0.2, -0.15) is 5.26 Å². The Bertz CT molecular complexity index is 1370. The number of rotatable bonds is 14. The zero-order valence-corrected chi connectivity index (χ0v) is 31.6. The molecule has 2 rings (SSSR count). The zero-order valence-electron chi connectivity index (χ0n) is 28.5. The summed E-state index contributed by atoms with van der Waals surface area (Å²) in [6.45, 7) is 23.1. The number of aryl methyl sites for hydroxylation is 1. The van der Waals surface area contributed by atoms with E-state index in [9.17, 15) is 4.79 Å². The molecular weight excluding hydrogens is 690 g/mol. The predicted molar refractivity (Wildman–Crippen MR) is 202 cm³/mol. The van der Waals surface area contributed by atoms with Crippen LogP contribution >= 0.6 is 31.9 Å². The molecule has 246 valence electrons. The molecule has 0 spiro atoms. The summed E-state index contributed by atoms with van der Waals surface area (Å²) in [7, 11) is 1.66. The maximum absolute atomic E-state index is 13.7. The second kappa shape index (κ2) is 24.3. The van der Waals surface area contributed by atoms with Gasteiger partial charge in [0, 0.05) is 11.3 Å². The van der Waals surface area contributed by atoms with Crippen LogP contribution in [0, 0.1) is 17.2 Å². The first-order chi connectivity index (χ1) is 21.4. The standard InChI is InChI=1S/C23H34Br2N2O2.C12H13N.C3H6/c1-8-10-19-18(14-13-15(2)3)23(28)27(22(26-19)21(24)25)20(16(4)5)12-9-11-17(6)29-7;1-2-3-7-11-8-5-4-6-9-12(11)10-13;1-3-2/h11-12,16,21H,2,8-10,13-14H2,1,3-7H3;2,4,6,8-9H,1,3,5,7H2;3H,1H2,2H3/b17-11+,20-12+;;. The van der Waals surface area contributed by atoms with Gasteiger partial charge in [0.05, 0.1) is 30.2 Å². The van der Waals surface area contributed by atoms with Gasteiger partial charge in [0.25, 0.3) is 5.56 Å². The summed E-state index contributed by atoms with van der Waals surface area (Å²) < 4.78 is 6.79. The number of hydrogen-bond donors (Lipinski definition) is 0. The Kier molecular flexibility index (Phi) is 22.7. The summed E-state index contributed by atoms with van der Waals surface area (Å²) in [6.07, 6.45) is 22.4. The van der Waals surface area contributed by atoms with Gasteiger partial charge in [-0.15, -0.1) is 19.7 Å². The molecule has 0 aromatic carbocycles. The van der Waals surface area contributed by atoms with Gasteiger partial charge in [-0.3, -0.25) is 9.36 Å². The number of nitriles is 1. The molecule has 0 radical (unpaired) electrons. The van der Waals surface area contributed by atoms with E-state index in [2.05, 4.69) is 96.7 Å². The maximum atomic E-state index is 13.7. The number of allylic oxidation sites excluding steroid dienone is 13. The van der Waals surface area contributed by atoms with Gasteiger partial charge in [-0.25, -0.2) is 4.98 Å². The lowest BCUT2D eigenvalue weighted by Crippen LogP contribution is -2.31. The molecule has 0 aliphatic heterocycles. The molecule has 1 aliphatic carbocycles. The number of ether oxygens (including phenoxy) is 1. The van der Waals surface area contributed by atoms with E-state index in [1.807, 2.05) is 45.1 Å². The van der Waals surface area contributed by atoms with Crippen molar-refractivity contribution in [2.24, 2.45) is 5.92 Å². The van der Waals surface area contributed by atoms with E-state index in [1.165, 1.54) is 0 Å². The highest BCUT2D eigenvalue weighted by Gasteiger charge is 2.22. The van der Waals surface area contributed by atoms with Crippen LogP contribution in [0.1, 0.15) is 101 Å². The number of aromatic nitrogens is 2. The Hall–Kier alpha value is -2.95. The number of alkyl halides is 2. The highest BCUT2D eigenvalue weighted by atomic mass is 79.9. The van der Waals surface area contributed by atoms with E-state index in [-0.39, 0.29) is 15.2 Å². The van der Waals surface area contributed by atoms with Crippen LogP contribution in [0.25, 0.3) is 5.70 Å². The fourth-order valence-electron chi connectivity index (χ4n) is 4.33. The van der Waals surface area contributed by atoms with Crippen LogP contribution in [0.3, 0.4) is 0 Å². The second-order valence-corrected chi connectivity index (χ2v) is 14.0. The fourth-order valence-corrected chi connectivity index (χ4v) is 4.95. The topological polar surface area (TPSA) is 67.9 Å². The van der Waals surface area contributed by atoms with Crippen molar-refractivity contribution >= 4 is 37.6 Å². The lowest BCUT2D eigenvalue weighted by molar-refractivity contribution is 0.292. The lowest BCUT2D eigenvalue weighted by Gasteiger charge is -2.22. The van der Waals surface area contributed by atoms with E-state index >= 15 is 0 Å². The van der Waals surface area contributed by atoms with Crippen molar-refractivity contribution in [2.45, 2.75) is 96.6 Å². The molecular formula is C38H53Br2N3O2. The summed E-state index contributed by atoms with van der Waals surface area (Å²) in [5, 5.41) is 8.87. The summed E-state index contributed by atoms with van der Waals surface area (Å²) in [6, 6.07) is 2.21. The van der Waals surface area contributed by atoms with Gasteiger partial charge in [-0.1, -0.05) is 101 Å². The van der Waals surface area contributed by atoms with Crippen LogP contribution in [0.5, 0.6) is 0 Å². The van der Waals surface area contributed by atoms with E-state index in [1.54, 1.807) is 17.8 Å². The van der Waals surface area contributed by atoms with E-state index in [4.69, 9.17) is 15.0 Å². The predicted octanol–water partition coefficient (Wildman–Crippen LogP) is 11.4. The highest BCUT2D eigenvalue weighted by molar-refractivity contribution is 9.24. The molecule has 1 aliphatic rings. The summed E-state index contributed by atoms with van der Waals surface area (Å²) >= 11 is 7.16. The summed E-state index contributed by atoms with van der Waals surface area (Å²) in [5.74, 6) is 1.70. The van der Waals surface area contributed by atoms with E-state index in [0.717, 1.165) is 78.0 Å². The molecule has 0 atom stereocenters. The van der Waals surface area contributed by atoms with Crippen LogP contribution in [0.4, 0.5) is 0 Å². The number of nitrogens with zero attached hydrogens (tertiary/aromatic N) is 3. The van der Waals surface area contributed by atoms with Crippen LogP contribution in [-0.4, -0.2) is 16.7 Å². The Morgan fingerprint density at radius 2 is 1.87 bits per heavy atom. The summed E-state index contributed by atoms with van der Waals surface area (Å²) in [5.41, 5.74) is 5.67. The average Bonchev–Trinajstić information content (AvgIpc) is 3.23. The largest absolute Gasteiger partial charge is 0.502 e. The van der Waals surface area contributed by atoms with Crippen LogP contribution in [0.2, 0.25) is 0 Å². The highest BCUT2D eigenvalue weighted by Crippen LogP contribution is 2.31. The van der Waals surface area contributed by atoms with Crippen molar-refractivity contribution in [1.82, 2.24) is 9.55 Å². The molecule has 1 heterocycles. The van der Waals surface area contributed by atoms with Crippen molar-refractivity contribution < 1.29 is 4.74 Å². The summed E-state index contributed by atoms with van der Waals surface area (Å²) in [4.78, 5) is 18.6. The Morgan fingerprint density at radius 1 is 1.20 bits per heavy atom. The Labute approximate surface area is 289 Å². The quantitative estimate of drug-likeness (QED) is 0.108. The molecule has 7 heteroatoms. The van der Waals surface area contributed by atoms with Gasteiger partial charge < -0.3 is 4.74 Å². The van der Waals surface area contributed by atoms with E-state index in [0.29, 0.717) is 18.7 Å². The van der Waals surface area contributed by atoms with E-state index < -0.39 is 0 Å². The first-order valence-corrected chi connectivity index (χ1v) is 17.4. The van der Waals surface area contributed by atoms with Crippen molar-refractivity contribution in [3.05, 3.63) is 118 Å². The molecule has 1 aromatic heterocycles. The SMILES string of the molecule is C=C(C)CCc1c(CCC)nc(C(Br)Br)n(/C(=C/C/C=C(\C)OC)C(C)C)c1=O.C=CC.C=CCCC1=CCC=CC=C1C#N. The van der Waals surface area contributed by atoms with Crippen molar-refractivity contribution in [1.29, 1.82) is 5.26 Å². The third-order valence-corrected chi connectivity index (χ3v) is 7.48. The molecule has 0 saturated carbocycles. The molecule has 1 aromatic rings. The van der Waals surface area contributed by atoms with Gasteiger partial charge >= 0.3 is 0 Å². The van der Waals surface area contributed by atoms with Crippen molar-refractivity contribution in [3.63, 3.8) is 0 Å². The number of halogens is 2. The van der Waals surface area contributed by atoms with Crippen LogP contribution in [-0.2, 0) is 17.6 Å². The normalized spacial score (nSPS) is 12.9. The third kappa shape index (κ3) is 15.7. The lowest BCUT2D eigenvalue weighted by atomic mass is 10.0. The molecule has 0 bridgehead atoms. The minimum absolute atomic E-state index is 0.0241. The Morgan fingerprint density at radius 3 is 2.38 bits per heavy atom. The second-order valence-electron chi connectivity index (χ2n) is 10.9. The average molecular weight is 744 g/mol. The molecule has 0 amide bonds. The molecule has 0 fully saturated rings. The van der Waals surface area contributed by atoms with Crippen molar-refractivity contribution in [3.8, 4) is 6.07 Å². The molecule has 0 N–H and O–H groups in total. The van der Waals surface area contributed by atoms with Crippen LogP contribution in [0.15, 0.2) is 95.6 Å². The van der Waals surface area contributed by atoms with Gasteiger partial charge in [0.1, 0.15) is 9.56 Å². The number of hydrogen-bond acceptors (Lipinski definition) is 4.